The van der Waals surface area contributed by atoms with Crippen molar-refractivity contribution in [1.82, 2.24) is 0 Å². The quantitative estimate of drug-likeness (QED) is 0.246. The molecule has 0 unspecified atom stereocenters. The zero-order chi connectivity index (χ0) is 25.3. The van der Waals surface area contributed by atoms with Crippen LogP contribution in [-0.2, 0) is 16.0 Å². The number of carbonyl (C=O) groups excluding carboxylic acids is 1. The van der Waals surface area contributed by atoms with Crippen LogP contribution in [0.2, 0.25) is 0 Å². The highest BCUT2D eigenvalue weighted by molar-refractivity contribution is 5.87. The number of hydrogen-bond donors (Lipinski definition) is 1. The summed E-state index contributed by atoms with van der Waals surface area (Å²) in [5.74, 6) is 1.05. The largest absolute Gasteiger partial charge is 0.491 e. The molecule has 0 saturated heterocycles. The van der Waals surface area contributed by atoms with Crippen molar-refractivity contribution in [1.29, 1.82) is 0 Å². The molecular formula is C32H36O4. The lowest BCUT2D eigenvalue weighted by atomic mass is 9.83. The first-order chi connectivity index (χ1) is 17.5. The van der Waals surface area contributed by atoms with Crippen molar-refractivity contribution in [3.63, 3.8) is 0 Å². The Hall–Kier alpha value is -3.37. The summed E-state index contributed by atoms with van der Waals surface area (Å²) < 4.78 is 10.9. The van der Waals surface area contributed by atoms with E-state index in [1.54, 1.807) is 6.92 Å². The third-order valence-corrected chi connectivity index (χ3v) is 6.90. The minimum Gasteiger partial charge on any atom is -0.491 e. The first kappa shape index (κ1) is 25.7. The molecule has 1 aliphatic carbocycles. The van der Waals surface area contributed by atoms with Gasteiger partial charge < -0.3 is 14.6 Å². The second-order valence-electron chi connectivity index (χ2n) is 9.59. The maximum absolute atomic E-state index is 11.9. The number of benzene rings is 3. The van der Waals surface area contributed by atoms with E-state index in [0.29, 0.717) is 24.5 Å². The van der Waals surface area contributed by atoms with E-state index in [2.05, 4.69) is 49.0 Å². The van der Waals surface area contributed by atoms with E-state index in [0.717, 1.165) is 28.0 Å². The third kappa shape index (κ3) is 6.64. The number of hydrogen-bond acceptors (Lipinski definition) is 4. The number of aliphatic hydroxyl groups is 1. The highest BCUT2D eigenvalue weighted by Gasteiger charge is 2.16. The van der Waals surface area contributed by atoms with Crippen LogP contribution in [0.25, 0.3) is 22.3 Å². The standard InChI is InChI=1S/C32H36O4/c1-23(2)32(34)36-20-18-29-22-28(26-12-15-30(16-13-26)35-21-19-33)14-17-31(29)27-10-8-25(9-11-27)24-6-4-3-5-7-24/h8-17,22,24,33H,1,3-7,18-21H2,2H3. The lowest BCUT2D eigenvalue weighted by Crippen LogP contribution is -2.08. The molecule has 4 nitrogen and oxygen atoms in total. The van der Waals surface area contributed by atoms with Crippen molar-refractivity contribution in [3.05, 3.63) is 90.0 Å². The monoisotopic (exact) mass is 484 g/mol. The molecule has 1 N–H and O–H groups in total. The summed E-state index contributed by atoms with van der Waals surface area (Å²) in [6.45, 7) is 5.91. The Labute approximate surface area is 214 Å². The maximum atomic E-state index is 11.9. The molecule has 0 bridgehead atoms. The van der Waals surface area contributed by atoms with E-state index < -0.39 is 0 Å². The van der Waals surface area contributed by atoms with Crippen LogP contribution in [0.4, 0.5) is 0 Å². The molecule has 0 spiro atoms. The van der Waals surface area contributed by atoms with Crippen LogP contribution in [0.15, 0.2) is 78.9 Å². The summed E-state index contributed by atoms with van der Waals surface area (Å²) >= 11 is 0. The Morgan fingerprint density at radius 1 is 0.889 bits per heavy atom. The van der Waals surface area contributed by atoms with E-state index in [9.17, 15) is 4.79 Å². The van der Waals surface area contributed by atoms with Crippen LogP contribution in [0.3, 0.4) is 0 Å². The van der Waals surface area contributed by atoms with Crippen LogP contribution in [0.1, 0.15) is 56.1 Å². The fraction of sp³-hybridized carbons (Fsp3) is 0.344. The summed E-state index contributed by atoms with van der Waals surface area (Å²) in [6, 6.07) is 23.4. The molecule has 1 aliphatic rings. The topological polar surface area (TPSA) is 55.8 Å². The van der Waals surface area contributed by atoms with Gasteiger partial charge in [0.15, 0.2) is 0 Å². The zero-order valence-corrected chi connectivity index (χ0v) is 21.2. The number of carbonyl (C=O) groups is 1. The molecule has 1 saturated carbocycles. The molecule has 0 atom stereocenters. The van der Waals surface area contributed by atoms with Crippen molar-refractivity contribution >= 4 is 5.97 Å². The number of aliphatic hydroxyl groups excluding tert-OH is 1. The first-order valence-corrected chi connectivity index (χ1v) is 12.9. The highest BCUT2D eigenvalue weighted by Crippen LogP contribution is 2.35. The summed E-state index contributed by atoms with van der Waals surface area (Å²) in [4.78, 5) is 11.9. The lowest BCUT2D eigenvalue weighted by Gasteiger charge is -2.22. The van der Waals surface area contributed by atoms with Crippen molar-refractivity contribution in [2.75, 3.05) is 19.8 Å². The summed E-state index contributed by atoms with van der Waals surface area (Å²) in [7, 11) is 0. The molecule has 3 aromatic rings. The van der Waals surface area contributed by atoms with Gasteiger partial charge in [-0.1, -0.05) is 80.4 Å². The fourth-order valence-electron chi connectivity index (χ4n) is 4.92. The van der Waals surface area contributed by atoms with Crippen LogP contribution < -0.4 is 4.74 Å². The molecule has 4 heteroatoms. The van der Waals surface area contributed by atoms with Crippen LogP contribution in [-0.4, -0.2) is 30.9 Å². The smallest absolute Gasteiger partial charge is 0.333 e. The fourth-order valence-corrected chi connectivity index (χ4v) is 4.92. The Morgan fingerprint density at radius 2 is 1.56 bits per heavy atom. The second-order valence-corrected chi connectivity index (χ2v) is 9.59. The second kappa shape index (κ2) is 12.5. The number of ether oxygens (including phenoxy) is 2. The molecule has 188 valence electrons. The highest BCUT2D eigenvalue weighted by atomic mass is 16.5. The third-order valence-electron chi connectivity index (χ3n) is 6.90. The minimum atomic E-state index is -0.358. The van der Waals surface area contributed by atoms with E-state index in [1.165, 1.54) is 43.2 Å². The van der Waals surface area contributed by atoms with Gasteiger partial charge in [0, 0.05) is 12.0 Å². The minimum absolute atomic E-state index is 0.00976. The van der Waals surface area contributed by atoms with Gasteiger partial charge in [0.05, 0.1) is 13.2 Å². The molecule has 3 aromatic carbocycles. The van der Waals surface area contributed by atoms with Gasteiger partial charge in [0.1, 0.15) is 12.4 Å². The van der Waals surface area contributed by atoms with Crippen LogP contribution >= 0.6 is 0 Å². The van der Waals surface area contributed by atoms with Gasteiger partial charge in [-0.15, -0.1) is 0 Å². The molecule has 36 heavy (non-hydrogen) atoms. The molecule has 4 rings (SSSR count). The van der Waals surface area contributed by atoms with Crippen molar-refractivity contribution in [2.24, 2.45) is 0 Å². The van der Waals surface area contributed by atoms with Gasteiger partial charge >= 0.3 is 5.97 Å². The molecule has 0 amide bonds. The van der Waals surface area contributed by atoms with Crippen LogP contribution in [0.5, 0.6) is 5.75 Å². The molecular weight excluding hydrogens is 448 g/mol. The Kier molecular flexibility index (Phi) is 8.96. The average molecular weight is 485 g/mol. The summed E-state index contributed by atoms with van der Waals surface area (Å²) in [5.41, 5.74) is 7.48. The predicted molar refractivity (Wildman–Crippen MR) is 145 cm³/mol. The Morgan fingerprint density at radius 3 is 2.22 bits per heavy atom. The Bertz CT molecular complexity index is 1160. The lowest BCUT2D eigenvalue weighted by molar-refractivity contribution is -0.138. The predicted octanol–water partition coefficient (Wildman–Crippen LogP) is 7.10. The van der Waals surface area contributed by atoms with E-state index >= 15 is 0 Å². The number of rotatable bonds is 10. The van der Waals surface area contributed by atoms with E-state index in [1.807, 2.05) is 24.3 Å². The van der Waals surface area contributed by atoms with Gasteiger partial charge in [0.25, 0.3) is 0 Å². The zero-order valence-electron chi connectivity index (χ0n) is 21.2. The van der Waals surface area contributed by atoms with Crippen molar-refractivity contribution in [3.8, 4) is 28.0 Å². The molecule has 0 heterocycles. The molecule has 0 aromatic heterocycles. The SMILES string of the molecule is C=C(C)C(=O)OCCc1cc(-c2ccc(OCCO)cc2)ccc1-c1ccc(C2CCCCC2)cc1. The van der Waals surface area contributed by atoms with Gasteiger partial charge in [-0.2, -0.15) is 0 Å². The van der Waals surface area contributed by atoms with E-state index in [-0.39, 0.29) is 19.2 Å². The van der Waals surface area contributed by atoms with Gasteiger partial charge in [-0.25, -0.2) is 4.79 Å². The van der Waals surface area contributed by atoms with E-state index in [4.69, 9.17) is 14.6 Å². The van der Waals surface area contributed by atoms with Gasteiger partial charge in [-0.05, 0) is 71.2 Å². The normalized spacial score (nSPS) is 13.8. The first-order valence-electron chi connectivity index (χ1n) is 12.9. The molecule has 1 fully saturated rings. The van der Waals surface area contributed by atoms with Gasteiger partial charge in [-0.3, -0.25) is 0 Å². The van der Waals surface area contributed by atoms with Gasteiger partial charge in [0.2, 0.25) is 0 Å². The van der Waals surface area contributed by atoms with Crippen molar-refractivity contribution < 1.29 is 19.4 Å². The van der Waals surface area contributed by atoms with Crippen molar-refractivity contribution in [2.45, 2.75) is 51.4 Å². The molecule has 0 aliphatic heterocycles. The van der Waals surface area contributed by atoms with Crippen LogP contribution in [0, 0.1) is 0 Å². The summed E-state index contributed by atoms with van der Waals surface area (Å²) in [5, 5.41) is 8.97. The summed E-state index contributed by atoms with van der Waals surface area (Å²) in [6.07, 6.45) is 7.21. The molecule has 0 radical (unpaired) electrons. The average Bonchev–Trinajstić information content (AvgIpc) is 2.92. The maximum Gasteiger partial charge on any atom is 0.333 e. The Balaban J connectivity index is 1.58. The number of esters is 1.